The van der Waals surface area contributed by atoms with Crippen LogP contribution in [0.15, 0.2) is 22.7 Å². The molecule has 0 heterocycles. The van der Waals surface area contributed by atoms with Crippen molar-refractivity contribution in [1.29, 1.82) is 0 Å². The van der Waals surface area contributed by atoms with Gasteiger partial charge in [0.15, 0.2) is 0 Å². The zero-order valence-corrected chi connectivity index (χ0v) is 12.0. The van der Waals surface area contributed by atoms with Gasteiger partial charge in [0.1, 0.15) is 0 Å². The Labute approximate surface area is 114 Å². The van der Waals surface area contributed by atoms with Crippen LogP contribution in [0.5, 0.6) is 0 Å². The van der Waals surface area contributed by atoms with Gasteiger partial charge in [-0.15, -0.1) is 0 Å². The summed E-state index contributed by atoms with van der Waals surface area (Å²) in [4.78, 5) is 0. The van der Waals surface area contributed by atoms with E-state index >= 15 is 0 Å². The molecule has 1 nitrogen and oxygen atoms in total. The van der Waals surface area contributed by atoms with Crippen LogP contribution in [-0.4, -0.2) is 6.54 Å². The van der Waals surface area contributed by atoms with Gasteiger partial charge in [-0.2, -0.15) is 13.2 Å². The van der Waals surface area contributed by atoms with Crippen molar-refractivity contribution < 1.29 is 13.2 Å². The van der Waals surface area contributed by atoms with Crippen LogP contribution in [0.3, 0.4) is 0 Å². The molecule has 0 aliphatic heterocycles. The molecule has 1 aromatic carbocycles. The SMILES string of the molecule is CC(C)CCCNc1cc(Br)cc(C(F)(F)F)c1. The van der Waals surface area contributed by atoms with Crippen LogP contribution < -0.4 is 5.32 Å². The number of anilines is 1. The third kappa shape index (κ3) is 5.29. The number of nitrogens with one attached hydrogen (secondary N) is 1. The second-order valence-electron chi connectivity index (χ2n) is 4.69. The van der Waals surface area contributed by atoms with Crippen molar-refractivity contribution in [3.63, 3.8) is 0 Å². The fourth-order valence-electron chi connectivity index (χ4n) is 1.60. The molecule has 5 heteroatoms. The molecule has 0 fully saturated rings. The average Bonchev–Trinajstić information content (AvgIpc) is 2.22. The third-order valence-electron chi connectivity index (χ3n) is 2.51. The van der Waals surface area contributed by atoms with Crippen LogP contribution in [0.25, 0.3) is 0 Å². The predicted molar refractivity (Wildman–Crippen MR) is 71.7 cm³/mol. The van der Waals surface area contributed by atoms with Gasteiger partial charge in [-0.3, -0.25) is 0 Å². The van der Waals surface area contributed by atoms with Crippen molar-refractivity contribution >= 4 is 21.6 Å². The summed E-state index contributed by atoms with van der Waals surface area (Å²) in [5, 5.41) is 3.02. The number of halogens is 4. The van der Waals surface area contributed by atoms with Gasteiger partial charge in [0.25, 0.3) is 0 Å². The first-order valence-electron chi connectivity index (χ1n) is 5.90. The van der Waals surface area contributed by atoms with Gasteiger partial charge in [-0.25, -0.2) is 0 Å². The van der Waals surface area contributed by atoms with E-state index < -0.39 is 11.7 Å². The maximum Gasteiger partial charge on any atom is 0.416 e. The summed E-state index contributed by atoms with van der Waals surface area (Å²) in [5.74, 6) is 0.611. The highest BCUT2D eigenvalue weighted by Gasteiger charge is 2.31. The first-order chi connectivity index (χ1) is 8.29. The summed E-state index contributed by atoms with van der Waals surface area (Å²) in [5.41, 5.74) is -0.135. The fraction of sp³-hybridized carbons (Fsp3) is 0.538. The zero-order valence-electron chi connectivity index (χ0n) is 10.4. The second kappa shape index (κ2) is 6.45. The summed E-state index contributed by atoms with van der Waals surface area (Å²) in [6, 6.07) is 3.88. The molecular weight excluding hydrogens is 307 g/mol. The lowest BCUT2D eigenvalue weighted by Gasteiger charge is -2.12. The Morgan fingerprint density at radius 3 is 2.44 bits per heavy atom. The van der Waals surface area contributed by atoms with Crippen molar-refractivity contribution in [3.8, 4) is 0 Å². The molecule has 1 N–H and O–H groups in total. The first-order valence-corrected chi connectivity index (χ1v) is 6.70. The lowest BCUT2D eigenvalue weighted by molar-refractivity contribution is -0.137. The van der Waals surface area contributed by atoms with Gasteiger partial charge in [0, 0.05) is 16.7 Å². The molecule has 0 unspecified atom stereocenters. The van der Waals surface area contributed by atoms with Crippen LogP contribution in [0.1, 0.15) is 32.3 Å². The molecule has 0 saturated carbocycles. The molecule has 0 aliphatic carbocycles. The van der Waals surface area contributed by atoms with E-state index in [2.05, 4.69) is 35.1 Å². The van der Waals surface area contributed by atoms with E-state index in [4.69, 9.17) is 0 Å². The molecule has 0 saturated heterocycles. The minimum absolute atomic E-state index is 0.434. The van der Waals surface area contributed by atoms with Crippen LogP contribution in [0.4, 0.5) is 18.9 Å². The van der Waals surface area contributed by atoms with E-state index in [0.29, 0.717) is 22.6 Å². The van der Waals surface area contributed by atoms with Gasteiger partial charge < -0.3 is 5.32 Å². The van der Waals surface area contributed by atoms with E-state index in [1.807, 2.05) is 0 Å². The molecule has 0 aromatic heterocycles. The fourth-order valence-corrected chi connectivity index (χ4v) is 2.09. The lowest BCUT2D eigenvalue weighted by atomic mass is 10.1. The maximum absolute atomic E-state index is 12.6. The Bertz CT molecular complexity index is 388. The minimum atomic E-state index is -4.31. The van der Waals surface area contributed by atoms with Gasteiger partial charge in [-0.1, -0.05) is 29.8 Å². The summed E-state index contributed by atoms with van der Waals surface area (Å²) < 4.78 is 38.2. The zero-order chi connectivity index (χ0) is 13.8. The quantitative estimate of drug-likeness (QED) is 0.723. The number of hydrogen-bond donors (Lipinski definition) is 1. The molecule has 18 heavy (non-hydrogen) atoms. The largest absolute Gasteiger partial charge is 0.416 e. The topological polar surface area (TPSA) is 12.0 Å². The third-order valence-corrected chi connectivity index (χ3v) is 2.97. The van der Waals surface area contributed by atoms with Gasteiger partial charge in [0.05, 0.1) is 5.56 Å². The van der Waals surface area contributed by atoms with Gasteiger partial charge >= 0.3 is 6.18 Å². The Morgan fingerprint density at radius 1 is 1.22 bits per heavy atom. The van der Waals surface area contributed by atoms with Crippen LogP contribution in [-0.2, 0) is 6.18 Å². The summed E-state index contributed by atoms with van der Waals surface area (Å²) in [7, 11) is 0. The molecule has 0 bridgehead atoms. The van der Waals surface area contributed by atoms with Crippen LogP contribution in [0.2, 0.25) is 0 Å². The molecule has 0 spiro atoms. The number of benzene rings is 1. The number of alkyl halides is 3. The summed E-state index contributed by atoms with van der Waals surface area (Å²) in [6.07, 6.45) is -2.29. The molecule has 102 valence electrons. The smallest absolute Gasteiger partial charge is 0.385 e. The normalized spacial score (nSPS) is 11.9. The first kappa shape index (κ1) is 15.3. The second-order valence-corrected chi connectivity index (χ2v) is 5.60. The molecule has 0 atom stereocenters. The Kier molecular flexibility index (Phi) is 5.50. The van der Waals surface area contributed by atoms with Crippen molar-refractivity contribution in [2.45, 2.75) is 32.9 Å². The average molecular weight is 324 g/mol. The van der Waals surface area contributed by atoms with Crippen molar-refractivity contribution in [2.24, 2.45) is 5.92 Å². The van der Waals surface area contributed by atoms with Crippen LogP contribution in [0, 0.1) is 5.92 Å². The molecule has 0 amide bonds. The standard InChI is InChI=1S/C13H17BrF3N/c1-9(2)4-3-5-18-12-7-10(13(15,16)17)6-11(14)8-12/h6-9,18H,3-5H2,1-2H3. The molecule has 1 aromatic rings. The number of hydrogen-bond acceptors (Lipinski definition) is 1. The van der Waals surface area contributed by atoms with E-state index in [9.17, 15) is 13.2 Å². The molecule has 0 radical (unpaired) electrons. The molecule has 0 aliphatic rings. The highest BCUT2D eigenvalue weighted by Crippen LogP contribution is 2.33. The molecule has 1 rings (SSSR count). The summed E-state index contributed by atoms with van der Waals surface area (Å²) >= 11 is 3.10. The van der Waals surface area contributed by atoms with Crippen molar-refractivity contribution in [1.82, 2.24) is 0 Å². The van der Waals surface area contributed by atoms with Crippen molar-refractivity contribution in [3.05, 3.63) is 28.2 Å². The lowest BCUT2D eigenvalue weighted by Crippen LogP contribution is -2.08. The van der Waals surface area contributed by atoms with E-state index in [1.54, 1.807) is 6.07 Å². The van der Waals surface area contributed by atoms with E-state index in [-0.39, 0.29) is 0 Å². The Hall–Kier alpha value is -0.710. The Morgan fingerprint density at radius 2 is 1.89 bits per heavy atom. The highest BCUT2D eigenvalue weighted by molar-refractivity contribution is 9.10. The van der Waals surface area contributed by atoms with Gasteiger partial charge in [0.2, 0.25) is 0 Å². The number of rotatable bonds is 5. The Balaban J connectivity index is 2.63. The van der Waals surface area contributed by atoms with E-state index in [0.717, 1.165) is 25.0 Å². The monoisotopic (exact) mass is 323 g/mol. The summed E-state index contributed by atoms with van der Waals surface area (Å²) in [6.45, 7) is 4.94. The maximum atomic E-state index is 12.6. The van der Waals surface area contributed by atoms with Crippen molar-refractivity contribution in [2.75, 3.05) is 11.9 Å². The minimum Gasteiger partial charge on any atom is -0.385 e. The highest BCUT2D eigenvalue weighted by atomic mass is 79.9. The van der Waals surface area contributed by atoms with Gasteiger partial charge in [-0.05, 0) is 37.0 Å². The molecular formula is C13H17BrF3N. The predicted octanol–water partition coefficient (Wildman–Crippen LogP) is 5.32. The van der Waals surface area contributed by atoms with E-state index in [1.165, 1.54) is 0 Å². The van der Waals surface area contributed by atoms with Crippen LogP contribution >= 0.6 is 15.9 Å².